The highest BCUT2D eigenvalue weighted by Crippen LogP contribution is 2.21. The van der Waals surface area contributed by atoms with Crippen molar-refractivity contribution < 1.29 is 126 Å². The molecule has 1 aliphatic heterocycles. The smallest absolute Gasteiger partial charge is 0.329 e. The Hall–Kier alpha value is -12.7. The fraction of sp³-hybridized carbons (Fsp3) is 0.477. The Bertz CT molecular complexity index is 3900. The molecule has 13 atom stereocenters. The van der Waals surface area contributed by atoms with Crippen LogP contribution in [0.15, 0.2) is 54.7 Å². The van der Waals surface area contributed by atoms with Crippen LogP contribution in [-0.2, 0) is 102 Å². The SMILES string of the molecule is CCC(=O)NC(Cc1c[nH]c2ccccc12)C(=O)NC(CC(N)=O)C(=O)NC(CC(=O)O)C(=O)NC1C(=O)NCC(=O)NC(CCCN)C(=O)NC(CC(=O)O)C(=O)NC(C)C(=O)NC(CC(=O)O)C(=O)NCC(=O)NC(CO)C(=O)NC(C(C)CC(=O)O)C(=O)NC(CC(=O)c2ccccc2N)C(=O)OC1C. The molecule has 1 aromatic heterocycles. The highest BCUT2D eigenvalue weighted by atomic mass is 16.5. The third-order valence-electron chi connectivity index (χ3n) is 16.2. The van der Waals surface area contributed by atoms with Crippen molar-refractivity contribution >= 4 is 135 Å². The van der Waals surface area contributed by atoms with Gasteiger partial charge in [-0.05, 0) is 62.9 Å². The van der Waals surface area contributed by atoms with Crippen molar-refractivity contribution in [3.05, 3.63) is 65.9 Å². The lowest BCUT2D eigenvalue weighted by Gasteiger charge is -2.30. The summed E-state index contributed by atoms with van der Waals surface area (Å²) >= 11 is 0. The summed E-state index contributed by atoms with van der Waals surface area (Å²) < 4.78 is 5.64. The van der Waals surface area contributed by atoms with Crippen LogP contribution in [0.2, 0.25) is 0 Å². The highest BCUT2D eigenvalue weighted by Gasteiger charge is 2.41. The van der Waals surface area contributed by atoms with Gasteiger partial charge in [0.05, 0.1) is 51.8 Å². The van der Waals surface area contributed by atoms with Crippen molar-refractivity contribution in [3.63, 3.8) is 0 Å². The van der Waals surface area contributed by atoms with Gasteiger partial charge in [-0.25, -0.2) is 4.79 Å². The zero-order valence-electron chi connectivity index (χ0n) is 58.6. The first-order valence-electron chi connectivity index (χ1n) is 33.3. The van der Waals surface area contributed by atoms with Crippen LogP contribution < -0.4 is 86.3 Å². The van der Waals surface area contributed by atoms with Gasteiger partial charge in [0.15, 0.2) is 5.78 Å². The van der Waals surface area contributed by atoms with Crippen molar-refractivity contribution in [2.75, 3.05) is 32.0 Å². The molecule has 4 rings (SSSR count). The lowest BCUT2D eigenvalue weighted by molar-refractivity contribution is -0.156. The van der Waals surface area contributed by atoms with Crippen molar-refractivity contribution in [3.8, 4) is 0 Å². The van der Waals surface area contributed by atoms with Gasteiger partial charge < -0.3 is 122 Å². The number of carbonyl (C=O) groups is 20. The Kier molecular flexibility index (Phi) is 34.4. The number of amides is 14. The second-order valence-corrected chi connectivity index (χ2v) is 24.7. The predicted octanol–water partition coefficient (Wildman–Crippen LogP) is -8.35. The standard InChI is InChI=1S/C65H87N17O26/c1-5-46(86)74-37(18-31-24-69-35-14-9-7-11-32(31)35)59(101)77-38(20-45(68)85)60(102)79-41(23-52(95)96)61(103)82-54-30(4)108-65(107)42(19-44(84)33-12-6-8-13-34(33)67)80-64(106)53(28(2)17-49(89)90)81-62(104)43(27-83)75-48(88)25-70-56(98)39(21-50(91)92)76-55(97)29(3)72-58(100)40(22-51(93)94)78-57(99)36(15-10-16-66)73-47(87)26-71-63(54)105/h6-9,11-14,24,28-30,36-43,53-54,69,83H,5,10,15-23,25-27,66-67H2,1-4H3,(H2,68,85)(H,70,98)(H,71,105)(H,72,100)(H,73,87)(H,74,86)(H,75,88)(H,76,97)(H,77,101)(H,78,99)(H,79,102)(H,80,106)(H,81,104)(H,82,103)(H,89,90)(H,91,92)(H,93,94)(H,95,96). The van der Waals surface area contributed by atoms with E-state index in [1.54, 1.807) is 30.5 Å². The summed E-state index contributed by atoms with van der Waals surface area (Å²) in [6.45, 7) is 0.496. The second-order valence-electron chi connectivity index (χ2n) is 24.7. The molecule has 588 valence electrons. The molecule has 3 aromatic rings. The molecular formula is C65H87N17O26. The summed E-state index contributed by atoms with van der Waals surface area (Å²) in [6.07, 6.45) is -8.48. The van der Waals surface area contributed by atoms with Gasteiger partial charge in [-0.1, -0.05) is 44.2 Å². The van der Waals surface area contributed by atoms with Gasteiger partial charge >= 0.3 is 29.8 Å². The number of carboxylic acids is 4. The number of ketones is 1. The Morgan fingerprint density at radius 3 is 1.69 bits per heavy atom. The molecule has 0 radical (unpaired) electrons. The summed E-state index contributed by atoms with van der Waals surface area (Å²) in [5, 5.41) is 78.0. The topological polar surface area (TPSA) is 702 Å². The molecule has 14 amide bonds. The number of Topliss-reactive ketones (excluding diaryl/α,β-unsaturated/α-hetero) is 1. The van der Waals surface area contributed by atoms with E-state index in [4.69, 9.17) is 21.9 Å². The summed E-state index contributed by atoms with van der Waals surface area (Å²) in [5.41, 5.74) is 17.9. The number of nitrogens with one attached hydrogen (secondary N) is 14. The number of H-pyrrole nitrogens is 1. The van der Waals surface area contributed by atoms with E-state index in [0.29, 0.717) is 16.5 Å². The Labute approximate surface area is 612 Å². The van der Waals surface area contributed by atoms with Gasteiger partial charge in [0.1, 0.15) is 72.6 Å². The first kappa shape index (κ1) is 87.7. The predicted molar refractivity (Wildman–Crippen MR) is 368 cm³/mol. The van der Waals surface area contributed by atoms with Crippen molar-refractivity contribution in [1.29, 1.82) is 0 Å². The number of aliphatic carboxylic acids is 4. The molecule has 43 nitrogen and oxygen atoms in total. The van der Waals surface area contributed by atoms with E-state index in [9.17, 15) is 121 Å². The number of hydrogen-bond acceptors (Lipinski definition) is 24. The fourth-order valence-electron chi connectivity index (χ4n) is 10.5. The van der Waals surface area contributed by atoms with Gasteiger partial charge in [-0.3, -0.25) is 91.1 Å². The van der Waals surface area contributed by atoms with Crippen LogP contribution in [0.25, 0.3) is 10.9 Å². The normalized spacial score (nSPS) is 21.8. The summed E-state index contributed by atoms with van der Waals surface area (Å²) in [4.78, 5) is 273. The maximum atomic E-state index is 14.8. The number of esters is 1. The number of hydrogen-bond donors (Lipinski definition) is 22. The van der Waals surface area contributed by atoms with Crippen LogP contribution >= 0.6 is 0 Å². The largest absolute Gasteiger partial charge is 0.481 e. The van der Waals surface area contributed by atoms with Crippen LogP contribution in [0.3, 0.4) is 0 Å². The van der Waals surface area contributed by atoms with Crippen LogP contribution in [0.5, 0.6) is 0 Å². The average Bonchev–Trinajstić information content (AvgIpc) is 1.54. The minimum absolute atomic E-state index is 0.0940. The molecule has 43 heteroatoms. The number of aliphatic hydroxyl groups excluding tert-OH is 1. The number of aromatic nitrogens is 1. The van der Waals surface area contributed by atoms with Crippen LogP contribution in [0.4, 0.5) is 5.69 Å². The molecule has 2 heterocycles. The molecule has 1 fully saturated rings. The van der Waals surface area contributed by atoms with E-state index in [-0.39, 0.29) is 37.1 Å². The summed E-state index contributed by atoms with van der Waals surface area (Å²) in [6, 6.07) is -10.6. The van der Waals surface area contributed by atoms with Gasteiger partial charge in [-0.15, -0.1) is 0 Å². The van der Waals surface area contributed by atoms with Crippen LogP contribution in [0, 0.1) is 5.92 Å². The fourth-order valence-corrected chi connectivity index (χ4v) is 10.5. The molecule has 2 aromatic carbocycles. The molecule has 0 aliphatic carbocycles. The number of nitrogen functional groups attached to an aromatic ring is 1. The number of aromatic amines is 1. The zero-order chi connectivity index (χ0) is 80.8. The number of primary amides is 1. The Morgan fingerprint density at radius 2 is 1.11 bits per heavy atom. The number of nitrogens with two attached hydrogens (primary N) is 3. The van der Waals surface area contributed by atoms with Crippen molar-refractivity contribution in [2.24, 2.45) is 17.4 Å². The lowest BCUT2D eigenvalue weighted by atomic mass is 9.96. The molecule has 25 N–H and O–H groups in total. The first-order valence-corrected chi connectivity index (χ1v) is 33.3. The number of para-hydroxylation sites is 2. The second kappa shape index (κ2) is 42.3. The van der Waals surface area contributed by atoms with E-state index in [1.165, 1.54) is 31.2 Å². The number of anilines is 1. The van der Waals surface area contributed by atoms with Crippen LogP contribution in [-0.4, -0.2) is 248 Å². The van der Waals surface area contributed by atoms with Crippen molar-refractivity contribution in [1.82, 2.24) is 74.1 Å². The Balaban J connectivity index is 1.88. The summed E-state index contributed by atoms with van der Waals surface area (Å²) in [5.74, 6) is -29.9. The molecular weight excluding hydrogens is 1430 g/mol. The molecule has 13 unspecified atom stereocenters. The average molecular weight is 1520 g/mol. The maximum Gasteiger partial charge on any atom is 0.329 e. The van der Waals surface area contributed by atoms with E-state index >= 15 is 0 Å². The number of cyclic esters (lactones) is 1. The van der Waals surface area contributed by atoms with E-state index < -0.39 is 261 Å². The summed E-state index contributed by atoms with van der Waals surface area (Å²) in [7, 11) is 0. The van der Waals surface area contributed by atoms with Crippen molar-refractivity contribution in [2.45, 2.75) is 164 Å². The highest BCUT2D eigenvalue weighted by molar-refractivity contribution is 6.05. The van der Waals surface area contributed by atoms with E-state index in [1.807, 2.05) is 16.0 Å². The van der Waals surface area contributed by atoms with E-state index in [0.717, 1.165) is 20.8 Å². The third-order valence-corrected chi connectivity index (χ3v) is 16.2. The minimum Gasteiger partial charge on any atom is -0.481 e. The van der Waals surface area contributed by atoms with E-state index in [2.05, 4.69) is 58.2 Å². The number of rotatable bonds is 28. The van der Waals surface area contributed by atoms with Crippen LogP contribution in [0.1, 0.15) is 101 Å². The number of fused-ring (bicyclic) bond motifs is 1. The number of aliphatic hydroxyl groups is 1. The quantitative estimate of drug-likeness (QED) is 0.0182. The number of carboxylic acid groups (broad SMARTS) is 4. The molecule has 1 aliphatic rings. The molecule has 108 heavy (non-hydrogen) atoms. The lowest BCUT2D eigenvalue weighted by Crippen LogP contribution is -2.62. The van der Waals surface area contributed by atoms with Gasteiger partial charge in [-0.2, -0.15) is 0 Å². The Morgan fingerprint density at radius 1 is 0.574 bits per heavy atom. The monoisotopic (exact) mass is 1520 g/mol. The number of benzene rings is 2. The molecule has 1 saturated heterocycles. The molecule has 0 spiro atoms. The maximum absolute atomic E-state index is 14.8. The van der Waals surface area contributed by atoms with Gasteiger partial charge in [0.25, 0.3) is 0 Å². The number of ether oxygens (including phenoxy) is 1. The third kappa shape index (κ3) is 28.1. The van der Waals surface area contributed by atoms with Gasteiger partial charge in [0, 0.05) is 47.6 Å². The molecule has 0 bridgehead atoms. The van der Waals surface area contributed by atoms with Gasteiger partial charge in [0.2, 0.25) is 82.7 Å². The first-order chi connectivity index (χ1) is 50.9. The zero-order valence-corrected chi connectivity index (χ0v) is 58.6. The minimum atomic E-state index is -2.45. The molecule has 0 saturated carbocycles. The number of carbonyl (C=O) groups excluding carboxylic acids is 16.